The summed E-state index contributed by atoms with van der Waals surface area (Å²) in [6, 6.07) is 9.31. The van der Waals surface area contributed by atoms with Crippen molar-refractivity contribution in [3.63, 3.8) is 0 Å². The molecule has 0 amide bonds. The van der Waals surface area contributed by atoms with Gasteiger partial charge in [-0.2, -0.15) is 0 Å². The van der Waals surface area contributed by atoms with Crippen LogP contribution < -0.4 is 10.2 Å². The molecule has 0 spiro atoms. The Balaban J connectivity index is 2.07. The quantitative estimate of drug-likeness (QED) is 0.691. The molecule has 8 heteroatoms. The van der Waals surface area contributed by atoms with E-state index in [-0.39, 0.29) is 22.2 Å². The van der Waals surface area contributed by atoms with Crippen LogP contribution in [-0.2, 0) is 9.84 Å². The van der Waals surface area contributed by atoms with Crippen LogP contribution in [0.3, 0.4) is 0 Å². The Morgan fingerprint density at radius 2 is 1.69 bits per heavy atom. The maximum Gasteiger partial charge on any atom is 0.228 e. The van der Waals surface area contributed by atoms with Crippen molar-refractivity contribution in [2.75, 3.05) is 6.26 Å². The molecule has 26 heavy (non-hydrogen) atoms. The second-order valence-corrected chi connectivity index (χ2v) is 7.43. The van der Waals surface area contributed by atoms with Crippen molar-refractivity contribution < 1.29 is 26.4 Å². The van der Waals surface area contributed by atoms with Crippen molar-refractivity contribution >= 4 is 9.84 Å². The highest BCUT2D eigenvalue weighted by Gasteiger charge is 2.17. The van der Waals surface area contributed by atoms with E-state index in [2.05, 4.69) is 0 Å². The molecule has 0 saturated heterocycles. The van der Waals surface area contributed by atoms with E-state index in [0.29, 0.717) is 11.6 Å². The Labute approximate surface area is 147 Å². The van der Waals surface area contributed by atoms with Gasteiger partial charge in [0.1, 0.15) is 5.82 Å². The smallest absolute Gasteiger partial charge is 0.228 e. The van der Waals surface area contributed by atoms with E-state index in [4.69, 9.17) is 9.15 Å². The Kier molecular flexibility index (Phi) is 4.60. The van der Waals surface area contributed by atoms with Gasteiger partial charge in [-0.1, -0.05) is 0 Å². The minimum atomic E-state index is -3.39. The lowest BCUT2D eigenvalue weighted by Gasteiger charge is -2.10. The molecule has 0 aliphatic carbocycles. The highest BCUT2D eigenvalue weighted by Crippen LogP contribution is 2.32. The highest BCUT2D eigenvalue weighted by molar-refractivity contribution is 7.90. The lowest BCUT2D eigenvalue weighted by Crippen LogP contribution is -2.05. The number of rotatable bonds is 4. The summed E-state index contributed by atoms with van der Waals surface area (Å²) in [5.41, 5.74) is -0.227. The van der Waals surface area contributed by atoms with Gasteiger partial charge in [0.2, 0.25) is 11.2 Å². The summed E-state index contributed by atoms with van der Waals surface area (Å²) in [5.74, 6) is -2.43. The average Bonchev–Trinajstić information content (AvgIpc) is 2.58. The Morgan fingerprint density at radius 3 is 2.31 bits per heavy atom. The van der Waals surface area contributed by atoms with Crippen LogP contribution in [-0.4, -0.2) is 14.7 Å². The van der Waals surface area contributed by atoms with Crippen molar-refractivity contribution in [1.29, 1.82) is 0 Å². The van der Waals surface area contributed by atoms with Gasteiger partial charge in [0.05, 0.1) is 11.2 Å². The Bertz CT molecular complexity index is 1120. The molecule has 5 nitrogen and oxygen atoms in total. The SMILES string of the molecule is CS(=O)(=O)c1ccc(-c2occc(=O)c2Oc2ccc(F)cc2F)cc1. The zero-order valence-electron chi connectivity index (χ0n) is 13.4. The van der Waals surface area contributed by atoms with Crippen LogP contribution in [0.5, 0.6) is 11.5 Å². The maximum absolute atomic E-state index is 13.8. The summed E-state index contributed by atoms with van der Waals surface area (Å²) in [5, 5.41) is 0. The molecule has 0 atom stereocenters. The van der Waals surface area contributed by atoms with Gasteiger partial charge in [-0.15, -0.1) is 0 Å². The zero-order valence-corrected chi connectivity index (χ0v) is 14.2. The molecular formula is C18H12F2O5S. The maximum atomic E-state index is 13.8. The first-order valence-corrected chi connectivity index (χ1v) is 9.20. The number of benzene rings is 2. The van der Waals surface area contributed by atoms with Crippen LogP contribution in [0.1, 0.15) is 0 Å². The van der Waals surface area contributed by atoms with Crippen LogP contribution in [0.25, 0.3) is 11.3 Å². The lowest BCUT2D eigenvalue weighted by molar-refractivity contribution is 0.416. The Morgan fingerprint density at radius 1 is 1.00 bits per heavy atom. The van der Waals surface area contributed by atoms with E-state index in [1.807, 2.05) is 0 Å². The molecule has 134 valence electrons. The van der Waals surface area contributed by atoms with E-state index in [0.717, 1.165) is 30.7 Å². The predicted octanol–water partition coefficient (Wildman–Crippen LogP) is 3.78. The highest BCUT2D eigenvalue weighted by atomic mass is 32.2. The fourth-order valence-electron chi connectivity index (χ4n) is 2.22. The Hall–Kier alpha value is -3.00. The van der Waals surface area contributed by atoms with Crippen LogP contribution in [0.2, 0.25) is 0 Å². The van der Waals surface area contributed by atoms with Gasteiger partial charge < -0.3 is 9.15 Å². The average molecular weight is 378 g/mol. The second-order valence-electron chi connectivity index (χ2n) is 5.42. The van der Waals surface area contributed by atoms with Crippen molar-refractivity contribution in [2.45, 2.75) is 4.90 Å². The topological polar surface area (TPSA) is 73.6 Å². The molecule has 0 bridgehead atoms. The summed E-state index contributed by atoms with van der Waals surface area (Å²) in [4.78, 5) is 12.2. The number of hydrogen-bond acceptors (Lipinski definition) is 5. The molecule has 0 fully saturated rings. The van der Waals surface area contributed by atoms with Crippen LogP contribution in [0.15, 0.2) is 68.9 Å². The normalized spacial score (nSPS) is 11.3. The molecule has 3 rings (SSSR count). The van der Waals surface area contributed by atoms with Crippen LogP contribution in [0.4, 0.5) is 8.78 Å². The number of halogens is 2. The van der Waals surface area contributed by atoms with E-state index in [9.17, 15) is 22.0 Å². The molecule has 1 heterocycles. The minimum absolute atomic E-state index is 0.0127. The molecule has 1 aromatic heterocycles. The van der Waals surface area contributed by atoms with Crippen molar-refractivity contribution in [2.24, 2.45) is 0 Å². The summed E-state index contributed by atoms with van der Waals surface area (Å²) in [7, 11) is -3.39. The first-order valence-electron chi connectivity index (χ1n) is 7.31. The van der Waals surface area contributed by atoms with Gasteiger partial charge in [0, 0.05) is 24.0 Å². The fraction of sp³-hybridized carbons (Fsp3) is 0.0556. The zero-order chi connectivity index (χ0) is 18.9. The van der Waals surface area contributed by atoms with Gasteiger partial charge in [-0.25, -0.2) is 17.2 Å². The lowest BCUT2D eigenvalue weighted by atomic mass is 10.1. The van der Waals surface area contributed by atoms with Gasteiger partial charge in [-0.3, -0.25) is 4.79 Å². The standard InChI is InChI=1S/C18H12F2O5S/c1-26(22,23)13-5-2-11(3-6-13)17-18(15(21)8-9-24-17)25-16-7-4-12(19)10-14(16)20/h2-10H,1H3. The third-order valence-electron chi connectivity index (χ3n) is 3.49. The number of ether oxygens (including phenoxy) is 1. The largest absolute Gasteiger partial charge is 0.460 e. The van der Waals surface area contributed by atoms with Crippen molar-refractivity contribution in [3.05, 3.63) is 76.7 Å². The minimum Gasteiger partial charge on any atom is -0.460 e. The molecular weight excluding hydrogens is 366 g/mol. The van der Waals surface area contributed by atoms with Gasteiger partial charge >= 0.3 is 0 Å². The van der Waals surface area contributed by atoms with Crippen molar-refractivity contribution in [3.8, 4) is 22.8 Å². The summed E-state index contributed by atoms with van der Waals surface area (Å²) >= 11 is 0. The molecule has 0 aliphatic rings. The number of sulfone groups is 1. The first-order chi connectivity index (χ1) is 12.3. The van der Waals surface area contributed by atoms with Crippen LogP contribution >= 0.6 is 0 Å². The van der Waals surface area contributed by atoms with Crippen molar-refractivity contribution in [1.82, 2.24) is 0 Å². The molecule has 0 aliphatic heterocycles. The molecule has 0 saturated carbocycles. The van der Waals surface area contributed by atoms with Gasteiger partial charge in [0.15, 0.2) is 27.2 Å². The van der Waals surface area contributed by atoms with Gasteiger partial charge in [-0.05, 0) is 36.4 Å². The number of hydrogen-bond donors (Lipinski definition) is 0. The monoisotopic (exact) mass is 378 g/mol. The third kappa shape index (κ3) is 3.65. The molecule has 3 aromatic rings. The van der Waals surface area contributed by atoms with E-state index in [1.54, 1.807) is 0 Å². The fourth-order valence-corrected chi connectivity index (χ4v) is 2.85. The summed E-state index contributed by atoms with van der Waals surface area (Å²) < 4.78 is 60.5. The first kappa shape index (κ1) is 17.8. The predicted molar refractivity (Wildman–Crippen MR) is 90.0 cm³/mol. The van der Waals surface area contributed by atoms with Gasteiger partial charge in [0.25, 0.3) is 0 Å². The van der Waals surface area contributed by atoms with E-state index in [1.165, 1.54) is 24.3 Å². The molecule has 0 unspecified atom stereocenters. The molecule has 0 N–H and O–H groups in total. The summed E-state index contributed by atoms with van der Waals surface area (Å²) in [6.07, 6.45) is 2.20. The third-order valence-corrected chi connectivity index (χ3v) is 4.61. The molecule has 2 aromatic carbocycles. The van der Waals surface area contributed by atoms with E-state index < -0.39 is 26.9 Å². The second kappa shape index (κ2) is 6.72. The molecule has 0 radical (unpaired) electrons. The summed E-state index contributed by atoms with van der Waals surface area (Å²) in [6.45, 7) is 0. The van der Waals surface area contributed by atoms with Crippen LogP contribution in [0, 0.1) is 11.6 Å². The van der Waals surface area contributed by atoms with E-state index >= 15 is 0 Å².